The normalized spacial score (nSPS) is 16.2. The second kappa shape index (κ2) is 6.60. The quantitative estimate of drug-likeness (QED) is 0.849. The number of carbonyl (C=O) groups is 1. The Hall–Kier alpha value is -0.770. The molecular formula is C14H17Cl2NO2. The van der Waals surface area contributed by atoms with Crippen molar-refractivity contribution in [2.75, 3.05) is 6.61 Å². The molecule has 1 aliphatic rings. The molecule has 1 aromatic carbocycles. The maximum absolute atomic E-state index is 12.0. The third kappa shape index (κ3) is 4.10. The Balaban J connectivity index is 1.96. The third-order valence-corrected chi connectivity index (χ3v) is 4.08. The lowest BCUT2D eigenvalue weighted by Gasteiger charge is -2.17. The minimum absolute atomic E-state index is 0.0683. The van der Waals surface area contributed by atoms with E-state index in [1.165, 1.54) is 0 Å². The molecule has 3 nitrogen and oxygen atoms in total. The van der Waals surface area contributed by atoms with E-state index in [-0.39, 0.29) is 25.0 Å². The van der Waals surface area contributed by atoms with Crippen LogP contribution in [-0.4, -0.2) is 23.7 Å². The monoisotopic (exact) mass is 301 g/mol. The van der Waals surface area contributed by atoms with E-state index in [4.69, 9.17) is 28.3 Å². The fraction of sp³-hybridized carbons (Fsp3) is 0.500. The smallest absolute Gasteiger partial charge is 0.224 e. The molecule has 1 aromatic rings. The Morgan fingerprint density at radius 1 is 1.37 bits per heavy atom. The SMILES string of the molecule is O=C(Cc1c(Cl)cccc1Cl)NC(CCO)C1CC1. The number of carbonyl (C=O) groups excluding carboxylic acids is 1. The molecule has 0 radical (unpaired) electrons. The molecule has 0 heterocycles. The standard InChI is InChI=1S/C14H17Cl2NO2/c15-11-2-1-3-12(16)10(11)8-14(19)17-13(6-7-18)9-4-5-9/h1-3,9,13,18H,4-8H2,(H,17,19). The van der Waals surface area contributed by atoms with Crippen molar-refractivity contribution in [2.45, 2.75) is 31.7 Å². The fourth-order valence-electron chi connectivity index (χ4n) is 2.18. The molecule has 1 saturated carbocycles. The first-order chi connectivity index (χ1) is 9.11. The number of hydrogen-bond donors (Lipinski definition) is 2. The largest absolute Gasteiger partial charge is 0.396 e. The molecule has 1 unspecified atom stereocenters. The lowest BCUT2D eigenvalue weighted by atomic mass is 10.1. The van der Waals surface area contributed by atoms with Crippen LogP contribution in [0.15, 0.2) is 18.2 Å². The maximum atomic E-state index is 12.0. The summed E-state index contributed by atoms with van der Waals surface area (Å²) in [7, 11) is 0. The lowest BCUT2D eigenvalue weighted by molar-refractivity contribution is -0.121. The van der Waals surface area contributed by atoms with E-state index in [9.17, 15) is 4.79 Å². The van der Waals surface area contributed by atoms with Gasteiger partial charge in [0.15, 0.2) is 0 Å². The second-order valence-corrected chi connectivity index (χ2v) is 5.72. The van der Waals surface area contributed by atoms with Crippen LogP contribution in [0.25, 0.3) is 0 Å². The number of halogens is 2. The van der Waals surface area contributed by atoms with Crippen molar-refractivity contribution in [1.29, 1.82) is 0 Å². The Morgan fingerprint density at radius 3 is 2.53 bits per heavy atom. The van der Waals surface area contributed by atoms with E-state index in [0.717, 1.165) is 12.8 Å². The Labute approximate surface area is 122 Å². The summed E-state index contributed by atoms with van der Waals surface area (Å²) in [5, 5.41) is 13.0. The molecule has 2 N–H and O–H groups in total. The van der Waals surface area contributed by atoms with Crippen molar-refractivity contribution in [3.63, 3.8) is 0 Å². The van der Waals surface area contributed by atoms with Crippen molar-refractivity contribution in [3.8, 4) is 0 Å². The van der Waals surface area contributed by atoms with Crippen LogP contribution in [0.5, 0.6) is 0 Å². The van der Waals surface area contributed by atoms with E-state index in [2.05, 4.69) is 5.32 Å². The molecule has 0 aliphatic heterocycles. The van der Waals surface area contributed by atoms with Crippen LogP contribution in [-0.2, 0) is 11.2 Å². The van der Waals surface area contributed by atoms with E-state index in [1.807, 2.05) is 0 Å². The zero-order valence-corrected chi connectivity index (χ0v) is 12.0. The van der Waals surface area contributed by atoms with E-state index in [0.29, 0.717) is 27.9 Å². The fourth-order valence-corrected chi connectivity index (χ4v) is 2.71. The van der Waals surface area contributed by atoms with Gasteiger partial charge in [-0.2, -0.15) is 0 Å². The van der Waals surface area contributed by atoms with Gasteiger partial charge in [0.05, 0.1) is 6.42 Å². The molecule has 1 aliphatic carbocycles. The van der Waals surface area contributed by atoms with E-state index < -0.39 is 0 Å². The number of benzene rings is 1. The minimum Gasteiger partial charge on any atom is -0.396 e. The zero-order valence-electron chi connectivity index (χ0n) is 10.5. The summed E-state index contributed by atoms with van der Waals surface area (Å²) in [6, 6.07) is 5.27. The van der Waals surface area contributed by atoms with Gasteiger partial charge < -0.3 is 10.4 Å². The molecule has 1 atom stereocenters. The Morgan fingerprint density at radius 2 is 2.00 bits per heavy atom. The molecule has 0 bridgehead atoms. The summed E-state index contributed by atoms with van der Waals surface area (Å²) in [6.07, 6.45) is 3.02. The first-order valence-electron chi connectivity index (χ1n) is 6.45. The van der Waals surface area contributed by atoms with Crippen molar-refractivity contribution in [3.05, 3.63) is 33.8 Å². The van der Waals surface area contributed by atoms with Gasteiger partial charge in [0.2, 0.25) is 5.91 Å². The molecule has 19 heavy (non-hydrogen) atoms. The van der Waals surface area contributed by atoms with Gasteiger partial charge in [-0.05, 0) is 42.9 Å². The lowest BCUT2D eigenvalue weighted by Crippen LogP contribution is -2.38. The van der Waals surface area contributed by atoms with Crippen molar-refractivity contribution in [2.24, 2.45) is 5.92 Å². The van der Waals surface area contributed by atoms with Crippen LogP contribution >= 0.6 is 23.2 Å². The maximum Gasteiger partial charge on any atom is 0.224 e. The van der Waals surface area contributed by atoms with Gasteiger partial charge in [-0.25, -0.2) is 0 Å². The summed E-state index contributed by atoms with van der Waals surface area (Å²) in [5.74, 6) is 0.415. The highest BCUT2D eigenvalue weighted by Gasteiger charge is 2.31. The van der Waals surface area contributed by atoms with Crippen molar-refractivity contribution in [1.82, 2.24) is 5.32 Å². The molecule has 1 amide bonds. The summed E-state index contributed by atoms with van der Waals surface area (Å²) < 4.78 is 0. The van der Waals surface area contributed by atoms with Crippen LogP contribution in [0, 0.1) is 5.92 Å². The number of amides is 1. The van der Waals surface area contributed by atoms with Gasteiger partial charge >= 0.3 is 0 Å². The molecular weight excluding hydrogens is 285 g/mol. The van der Waals surface area contributed by atoms with Gasteiger partial charge in [-0.1, -0.05) is 29.3 Å². The number of aliphatic hydroxyl groups excluding tert-OH is 1. The first kappa shape index (κ1) is 14.6. The van der Waals surface area contributed by atoms with Gasteiger partial charge in [-0.3, -0.25) is 4.79 Å². The first-order valence-corrected chi connectivity index (χ1v) is 7.20. The van der Waals surface area contributed by atoms with Gasteiger partial charge in [0.25, 0.3) is 0 Å². The molecule has 0 aromatic heterocycles. The van der Waals surface area contributed by atoms with E-state index >= 15 is 0 Å². The summed E-state index contributed by atoms with van der Waals surface area (Å²) >= 11 is 12.1. The van der Waals surface area contributed by atoms with Crippen molar-refractivity contribution >= 4 is 29.1 Å². The molecule has 5 heteroatoms. The Kier molecular flexibility index (Phi) is 5.08. The van der Waals surface area contributed by atoms with Crippen LogP contribution in [0.1, 0.15) is 24.8 Å². The number of nitrogens with one attached hydrogen (secondary N) is 1. The van der Waals surface area contributed by atoms with Crippen LogP contribution in [0.2, 0.25) is 10.0 Å². The molecule has 2 rings (SSSR count). The van der Waals surface area contributed by atoms with Crippen LogP contribution in [0.4, 0.5) is 0 Å². The number of aliphatic hydroxyl groups is 1. The predicted octanol–water partition coefficient (Wildman–Crippen LogP) is 2.81. The number of hydrogen-bond acceptors (Lipinski definition) is 2. The summed E-state index contributed by atoms with van der Waals surface area (Å²) in [6.45, 7) is 0.0916. The average molecular weight is 302 g/mol. The summed E-state index contributed by atoms with van der Waals surface area (Å²) in [4.78, 5) is 12.0. The summed E-state index contributed by atoms with van der Waals surface area (Å²) in [5.41, 5.74) is 0.655. The predicted molar refractivity (Wildman–Crippen MR) is 76.5 cm³/mol. The highest BCUT2D eigenvalue weighted by Crippen LogP contribution is 2.34. The molecule has 104 valence electrons. The van der Waals surface area contributed by atoms with Crippen molar-refractivity contribution < 1.29 is 9.90 Å². The average Bonchev–Trinajstić information content (AvgIpc) is 3.18. The van der Waals surface area contributed by atoms with Gasteiger partial charge in [0, 0.05) is 22.7 Å². The van der Waals surface area contributed by atoms with E-state index in [1.54, 1.807) is 18.2 Å². The second-order valence-electron chi connectivity index (χ2n) is 4.90. The Bertz CT molecular complexity index is 441. The third-order valence-electron chi connectivity index (χ3n) is 3.38. The molecule has 0 spiro atoms. The highest BCUT2D eigenvalue weighted by atomic mass is 35.5. The number of rotatable bonds is 6. The minimum atomic E-state index is -0.0969. The van der Waals surface area contributed by atoms with Crippen LogP contribution < -0.4 is 5.32 Å². The molecule has 0 saturated heterocycles. The highest BCUT2D eigenvalue weighted by molar-refractivity contribution is 6.36. The topological polar surface area (TPSA) is 49.3 Å². The van der Waals surface area contributed by atoms with Gasteiger partial charge in [-0.15, -0.1) is 0 Å². The van der Waals surface area contributed by atoms with Gasteiger partial charge in [0.1, 0.15) is 0 Å². The molecule has 1 fully saturated rings. The zero-order chi connectivity index (χ0) is 13.8. The van der Waals surface area contributed by atoms with Crippen LogP contribution in [0.3, 0.4) is 0 Å².